The van der Waals surface area contributed by atoms with Crippen LogP contribution in [0.15, 0.2) is 0 Å². The van der Waals surface area contributed by atoms with E-state index in [1.165, 1.54) is 11.3 Å². The van der Waals surface area contributed by atoms with E-state index in [2.05, 4.69) is 4.98 Å². The molecule has 1 fully saturated rings. The molecule has 1 unspecified atom stereocenters. The first-order valence-corrected chi connectivity index (χ1v) is 7.40. The van der Waals surface area contributed by atoms with Gasteiger partial charge in [-0.2, -0.15) is 0 Å². The number of thiazole rings is 1. The lowest BCUT2D eigenvalue weighted by molar-refractivity contribution is -0.139. The van der Waals surface area contributed by atoms with Gasteiger partial charge in [-0.25, -0.2) is 4.98 Å². The van der Waals surface area contributed by atoms with Gasteiger partial charge in [-0.15, -0.1) is 11.3 Å². The summed E-state index contributed by atoms with van der Waals surface area (Å²) >= 11 is 1.29. The molecule has 1 aliphatic heterocycles. The molecule has 2 heterocycles. The number of aryl methyl sites for hydroxylation is 1. The molecule has 1 saturated heterocycles. The minimum Gasteiger partial charge on any atom is -0.481 e. The average molecular weight is 314 g/mol. The third-order valence-corrected chi connectivity index (χ3v) is 4.32. The number of amides is 1. The van der Waals surface area contributed by atoms with Gasteiger partial charge in [-0.05, 0) is 6.92 Å². The number of aromatic nitrogens is 1. The number of carbonyl (C=O) groups excluding carboxylic acids is 1. The summed E-state index contributed by atoms with van der Waals surface area (Å²) in [6, 6.07) is -0.434. The van der Waals surface area contributed by atoms with Gasteiger partial charge in [0.2, 0.25) is 0 Å². The van der Waals surface area contributed by atoms with Crippen molar-refractivity contribution in [3.63, 3.8) is 0 Å². The highest BCUT2D eigenvalue weighted by molar-refractivity contribution is 7.13. The average Bonchev–Trinajstić information content (AvgIpc) is 2.79. The first kappa shape index (κ1) is 15.9. The van der Waals surface area contributed by atoms with Crippen molar-refractivity contribution >= 4 is 23.2 Å². The quantitative estimate of drug-likeness (QED) is 0.869. The number of hydrogen-bond donors (Lipinski definition) is 1. The van der Waals surface area contributed by atoms with Crippen LogP contribution in [0, 0.1) is 6.92 Å². The number of methoxy groups -OCH3 is 1. The zero-order valence-corrected chi connectivity index (χ0v) is 12.8. The first-order valence-electron chi connectivity index (χ1n) is 6.58. The second-order valence-corrected chi connectivity index (χ2v) is 5.86. The van der Waals surface area contributed by atoms with Crippen molar-refractivity contribution in [3.8, 4) is 0 Å². The Labute approximate surface area is 126 Å². The van der Waals surface area contributed by atoms with Crippen molar-refractivity contribution in [2.45, 2.75) is 26.0 Å². The molecule has 0 saturated carbocycles. The normalized spacial score (nSPS) is 18.8. The van der Waals surface area contributed by atoms with E-state index < -0.39 is 12.0 Å². The van der Waals surface area contributed by atoms with Crippen LogP contribution in [0.2, 0.25) is 0 Å². The fourth-order valence-corrected chi connectivity index (χ4v) is 3.25. The van der Waals surface area contributed by atoms with Gasteiger partial charge in [-0.3, -0.25) is 9.59 Å². The van der Waals surface area contributed by atoms with Gasteiger partial charge in [0.25, 0.3) is 5.91 Å². The highest BCUT2D eigenvalue weighted by atomic mass is 32.1. The molecule has 1 aliphatic rings. The number of hydrogen-bond acceptors (Lipinski definition) is 6. The Balaban J connectivity index is 2.18. The number of aliphatic carboxylic acids is 1. The van der Waals surface area contributed by atoms with Crippen LogP contribution in [0.4, 0.5) is 0 Å². The number of rotatable bonds is 5. The molecule has 0 radical (unpaired) electrons. The second kappa shape index (κ2) is 6.97. The third-order valence-electron chi connectivity index (χ3n) is 3.20. The molecule has 1 N–H and O–H groups in total. The molecule has 2 rings (SSSR count). The van der Waals surface area contributed by atoms with E-state index in [4.69, 9.17) is 14.6 Å². The van der Waals surface area contributed by atoms with Crippen molar-refractivity contribution in [2.24, 2.45) is 0 Å². The minimum absolute atomic E-state index is 0.117. The maximum Gasteiger partial charge on any atom is 0.305 e. The Morgan fingerprint density at radius 1 is 1.57 bits per heavy atom. The second-order valence-electron chi connectivity index (χ2n) is 4.78. The summed E-state index contributed by atoms with van der Waals surface area (Å²) in [5.41, 5.74) is 0.651. The summed E-state index contributed by atoms with van der Waals surface area (Å²) in [5.74, 6) is -1.12. The Morgan fingerprint density at radius 3 is 3.00 bits per heavy atom. The molecular formula is C13H18N2O5S. The Bertz CT molecular complexity index is 531. The van der Waals surface area contributed by atoms with E-state index in [0.29, 0.717) is 30.3 Å². The van der Waals surface area contributed by atoms with E-state index in [9.17, 15) is 9.59 Å². The summed E-state index contributed by atoms with van der Waals surface area (Å²) < 4.78 is 10.3. The summed E-state index contributed by atoms with van der Waals surface area (Å²) in [4.78, 5) is 30.0. The summed E-state index contributed by atoms with van der Waals surface area (Å²) in [6.07, 6.45) is -0.117. The Kier molecular flexibility index (Phi) is 5.27. The molecule has 0 aromatic carbocycles. The number of ether oxygens (including phenoxy) is 2. The van der Waals surface area contributed by atoms with E-state index >= 15 is 0 Å². The smallest absolute Gasteiger partial charge is 0.305 e. The van der Waals surface area contributed by atoms with Crippen molar-refractivity contribution in [3.05, 3.63) is 15.6 Å². The van der Waals surface area contributed by atoms with Crippen LogP contribution < -0.4 is 0 Å². The van der Waals surface area contributed by atoms with Crippen LogP contribution in [0.25, 0.3) is 0 Å². The summed E-state index contributed by atoms with van der Waals surface area (Å²) in [5, 5.41) is 9.68. The summed E-state index contributed by atoms with van der Waals surface area (Å²) in [7, 11) is 1.57. The molecule has 0 spiro atoms. The lowest BCUT2D eigenvalue weighted by Gasteiger charge is -2.34. The highest BCUT2D eigenvalue weighted by Gasteiger charge is 2.31. The number of carbonyl (C=O) groups is 2. The molecular weight excluding hydrogens is 296 g/mol. The van der Waals surface area contributed by atoms with Crippen LogP contribution >= 0.6 is 11.3 Å². The number of carboxylic acids is 1. The van der Waals surface area contributed by atoms with E-state index in [1.54, 1.807) is 18.9 Å². The van der Waals surface area contributed by atoms with Gasteiger partial charge in [0.05, 0.1) is 38.0 Å². The van der Waals surface area contributed by atoms with Gasteiger partial charge in [0.15, 0.2) is 0 Å². The number of carboxylic acid groups (broad SMARTS) is 1. The van der Waals surface area contributed by atoms with Crippen LogP contribution in [0.5, 0.6) is 0 Å². The molecule has 116 valence electrons. The van der Waals surface area contributed by atoms with E-state index in [1.807, 2.05) is 0 Å². The predicted molar refractivity (Wildman–Crippen MR) is 75.5 cm³/mol. The maximum atomic E-state index is 12.6. The van der Waals surface area contributed by atoms with Gasteiger partial charge in [0, 0.05) is 13.7 Å². The first-order chi connectivity index (χ1) is 10.0. The Morgan fingerprint density at radius 2 is 2.33 bits per heavy atom. The molecule has 1 aromatic rings. The fraction of sp³-hybridized carbons (Fsp3) is 0.615. The number of morpholine rings is 1. The molecule has 1 aromatic heterocycles. The van der Waals surface area contributed by atoms with Crippen molar-refractivity contribution in [2.75, 3.05) is 26.9 Å². The van der Waals surface area contributed by atoms with E-state index in [-0.39, 0.29) is 18.9 Å². The predicted octanol–water partition coefficient (Wildman–Crippen LogP) is 0.914. The Hall–Kier alpha value is -1.51. The standard InChI is InChI=1S/C13H18N2O5S/c1-8-12(21-10(14-8)7-19-2)13(18)15-3-4-20-6-9(15)5-11(16)17/h9H,3-7H2,1-2H3,(H,16,17). The lowest BCUT2D eigenvalue weighted by Crippen LogP contribution is -2.49. The molecule has 1 amide bonds. The topological polar surface area (TPSA) is 89.0 Å². The molecule has 0 aliphatic carbocycles. The molecule has 0 bridgehead atoms. The minimum atomic E-state index is -0.940. The zero-order valence-electron chi connectivity index (χ0n) is 12.0. The van der Waals surface area contributed by atoms with Crippen molar-refractivity contribution in [1.82, 2.24) is 9.88 Å². The van der Waals surface area contributed by atoms with Crippen molar-refractivity contribution < 1.29 is 24.2 Å². The lowest BCUT2D eigenvalue weighted by atomic mass is 10.1. The van der Waals surface area contributed by atoms with E-state index in [0.717, 1.165) is 5.01 Å². The maximum absolute atomic E-state index is 12.6. The van der Waals surface area contributed by atoms with Crippen molar-refractivity contribution in [1.29, 1.82) is 0 Å². The SMILES string of the molecule is COCc1nc(C)c(C(=O)N2CCOCC2CC(=O)O)s1. The van der Waals surface area contributed by atoms with Gasteiger partial charge in [-0.1, -0.05) is 0 Å². The number of nitrogens with zero attached hydrogens (tertiary/aromatic N) is 2. The van der Waals surface area contributed by atoms with Crippen LogP contribution in [0.1, 0.15) is 26.8 Å². The molecule has 21 heavy (non-hydrogen) atoms. The van der Waals surface area contributed by atoms with Gasteiger partial charge < -0.3 is 19.5 Å². The third kappa shape index (κ3) is 3.78. The molecule has 7 nitrogen and oxygen atoms in total. The van der Waals surface area contributed by atoms with Gasteiger partial charge >= 0.3 is 5.97 Å². The largest absolute Gasteiger partial charge is 0.481 e. The fourth-order valence-electron chi connectivity index (χ4n) is 2.26. The van der Waals surface area contributed by atoms with Crippen LogP contribution in [0.3, 0.4) is 0 Å². The van der Waals surface area contributed by atoms with Gasteiger partial charge in [0.1, 0.15) is 9.88 Å². The molecule has 8 heteroatoms. The summed E-state index contributed by atoms with van der Waals surface area (Å²) in [6.45, 7) is 3.20. The highest BCUT2D eigenvalue weighted by Crippen LogP contribution is 2.23. The van der Waals surface area contributed by atoms with Crippen LogP contribution in [-0.4, -0.2) is 59.8 Å². The monoisotopic (exact) mass is 314 g/mol. The van der Waals surface area contributed by atoms with Crippen LogP contribution in [-0.2, 0) is 20.9 Å². The zero-order chi connectivity index (χ0) is 15.4. The molecule has 1 atom stereocenters.